The summed E-state index contributed by atoms with van der Waals surface area (Å²) in [4.78, 5) is 23.2. The standard InChI is InChI=1S/C15H25NO3/c1-15(2,3)9-12(14(18)19)10-16-13(17)11-7-5-4-6-8-11/h4-5,11-12H,6-10H2,1-3H3,(H,16,17)(H,18,19). The summed E-state index contributed by atoms with van der Waals surface area (Å²) >= 11 is 0. The van der Waals surface area contributed by atoms with Gasteiger partial charge in [-0.15, -0.1) is 0 Å². The zero-order valence-electron chi connectivity index (χ0n) is 12.1. The van der Waals surface area contributed by atoms with Gasteiger partial charge in [0, 0.05) is 12.5 Å². The van der Waals surface area contributed by atoms with E-state index in [-0.39, 0.29) is 23.8 Å². The molecule has 1 aliphatic rings. The molecule has 0 saturated heterocycles. The second kappa shape index (κ2) is 6.73. The number of carboxylic acids is 1. The van der Waals surface area contributed by atoms with E-state index in [0.717, 1.165) is 19.3 Å². The van der Waals surface area contributed by atoms with Crippen molar-refractivity contribution >= 4 is 11.9 Å². The van der Waals surface area contributed by atoms with Gasteiger partial charge < -0.3 is 10.4 Å². The van der Waals surface area contributed by atoms with Crippen LogP contribution in [-0.2, 0) is 9.59 Å². The molecule has 0 saturated carbocycles. The molecule has 1 aliphatic carbocycles. The highest BCUT2D eigenvalue weighted by Crippen LogP contribution is 2.24. The third kappa shape index (κ3) is 5.90. The molecule has 2 N–H and O–H groups in total. The molecule has 4 heteroatoms. The zero-order chi connectivity index (χ0) is 14.5. The molecule has 108 valence electrons. The molecule has 0 bridgehead atoms. The Bertz CT molecular complexity index is 355. The zero-order valence-corrected chi connectivity index (χ0v) is 12.1. The van der Waals surface area contributed by atoms with E-state index in [1.54, 1.807) is 0 Å². The van der Waals surface area contributed by atoms with Crippen LogP contribution in [0.4, 0.5) is 0 Å². The van der Waals surface area contributed by atoms with Crippen molar-refractivity contribution in [2.45, 2.75) is 46.5 Å². The SMILES string of the molecule is CC(C)(C)CC(CNC(=O)C1CC=CCC1)C(=O)O. The van der Waals surface area contributed by atoms with Crippen LogP contribution in [0.1, 0.15) is 46.5 Å². The van der Waals surface area contributed by atoms with Crippen molar-refractivity contribution in [1.29, 1.82) is 0 Å². The van der Waals surface area contributed by atoms with Gasteiger partial charge in [-0.2, -0.15) is 0 Å². The molecule has 0 radical (unpaired) electrons. The molecular formula is C15H25NO3. The average molecular weight is 267 g/mol. The highest BCUT2D eigenvalue weighted by molar-refractivity contribution is 5.80. The van der Waals surface area contributed by atoms with Crippen molar-refractivity contribution < 1.29 is 14.7 Å². The van der Waals surface area contributed by atoms with E-state index in [4.69, 9.17) is 0 Å². The number of nitrogens with one attached hydrogen (secondary N) is 1. The number of hydrogen-bond donors (Lipinski definition) is 2. The van der Waals surface area contributed by atoms with Gasteiger partial charge in [0.2, 0.25) is 5.91 Å². The minimum atomic E-state index is -0.834. The van der Waals surface area contributed by atoms with E-state index in [9.17, 15) is 14.7 Å². The highest BCUT2D eigenvalue weighted by Gasteiger charge is 2.26. The van der Waals surface area contributed by atoms with Crippen molar-refractivity contribution in [1.82, 2.24) is 5.32 Å². The second-order valence-electron chi connectivity index (χ2n) is 6.53. The fourth-order valence-electron chi connectivity index (χ4n) is 2.39. The van der Waals surface area contributed by atoms with Crippen LogP contribution in [0.25, 0.3) is 0 Å². The summed E-state index contributed by atoms with van der Waals surface area (Å²) in [6, 6.07) is 0. The van der Waals surface area contributed by atoms with Gasteiger partial charge in [-0.1, -0.05) is 32.9 Å². The van der Waals surface area contributed by atoms with Gasteiger partial charge in [0.05, 0.1) is 5.92 Å². The largest absolute Gasteiger partial charge is 0.481 e. The molecule has 2 atom stereocenters. The summed E-state index contributed by atoms with van der Waals surface area (Å²) < 4.78 is 0. The summed E-state index contributed by atoms with van der Waals surface area (Å²) in [5.41, 5.74) is -0.0542. The van der Waals surface area contributed by atoms with Gasteiger partial charge in [-0.05, 0) is 31.1 Å². The summed E-state index contributed by atoms with van der Waals surface area (Å²) in [6.45, 7) is 6.26. The number of carbonyl (C=O) groups excluding carboxylic acids is 1. The van der Waals surface area contributed by atoms with E-state index in [2.05, 4.69) is 11.4 Å². The number of carboxylic acid groups (broad SMARTS) is 1. The lowest BCUT2D eigenvalue weighted by Gasteiger charge is -2.24. The summed E-state index contributed by atoms with van der Waals surface area (Å²) in [7, 11) is 0. The number of aliphatic carboxylic acids is 1. The van der Waals surface area contributed by atoms with E-state index >= 15 is 0 Å². The Kier molecular flexibility index (Phi) is 5.58. The van der Waals surface area contributed by atoms with E-state index in [0.29, 0.717) is 6.42 Å². The Balaban J connectivity index is 2.45. The van der Waals surface area contributed by atoms with Crippen molar-refractivity contribution in [2.24, 2.45) is 17.3 Å². The fourth-order valence-corrected chi connectivity index (χ4v) is 2.39. The monoisotopic (exact) mass is 267 g/mol. The predicted molar refractivity (Wildman–Crippen MR) is 74.7 cm³/mol. The van der Waals surface area contributed by atoms with Crippen LogP contribution in [0, 0.1) is 17.3 Å². The summed E-state index contributed by atoms with van der Waals surface area (Å²) in [5.74, 6) is -1.35. The number of carbonyl (C=O) groups is 2. The molecule has 0 aromatic carbocycles. The molecule has 2 unspecified atom stereocenters. The quantitative estimate of drug-likeness (QED) is 0.752. The smallest absolute Gasteiger partial charge is 0.308 e. The Labute approximate surface area is 115 Å². The lowest BCUT2D eigenvalue weighted by molar-refractivity contribution is -0.142. The van der Waals surface area contributed by atoms with Crippen LogP contribution in [0.2, 0.25) is 0 Å². The first-order valence-corrected chi connectivity index (χ1v) is 6.95. The number of rotatable bonds is 5. The first kappa shape index (κ1) is 15.7. The second-order valence-corrected chi connectivity index (χ2v) is 6.53. The van der Waals surface area contributed by atoms with Gasteiger partial charge in [0.1, 0.15) is 0 Å². The minimum Gasteiger partial charge on any atom is -0.481 e. The first-order chi connectivity index (χ1) is 8.79. The van der Waals surface area contributed by atoms with Crippen molar-refractivity contribution in [3.05, 3.63) is 12.2 Å². The third-order valence-corrected chi connectivity index (χ3v) is 3.37. The lowest BCUT2D eigenvalue weighted by Crippen LogP contribution is -2.38. The maximum atomic E-state index is 12.0. The van der Waals surface area contributed by atoms with Crippen molar-refractivity contribution in [2.75, 3.05) is 6.54 Å². The minimum absolute atomic E-state index is 0.00841. The third-order valence-electron chi connectivity index (χ3n) is 3.37. The van der Waals surface area contributed by atoms with E-state index < -0.39 is 11.9 Å². The molecule has 0 aliphatic heterocycles. The van der Waals surface area contributed by atoms with Crippen LogP contribution < -0.4 is 5.32 Å². The van der Waals surface area contributed by atoms with Gasteiger partial charge in [-0.3, -0.25) is 9.59 Å². The number of amides is 1. The molecule has 1 rings (SSSR count). The molecule has 0 heterocycles. The average Bonchev–Trinajstić information content (AvgIpc) is 2.33. The fraction of sp³-hybridized carbons (Fsp3) is 0.733. The van der Waals surface area contributed by atoms with Gasteiger partial charge in [-0.25, -0.2) is 0 Å². The Morgan fingerprint density at radius 1 is 1.37 bits per heavy atom. The highest BCUT2D eigenvalue weighted by atomic mass is 16.4. The van der Waals surface area contributed by atoms with Crippen molar-refractivity contribution in [3.8, 4) is 0 Å². The van der Waals surface area contributed by atoms with E-state index in [1.165, 1.54) is 0 Å². The van der Waals surface area contributed by atoms with Crippen LogP contribution in [-0.4, -0.2) is 23.5 Å². The summed E-state index contributed by atoms with van der Waals surface area (Å²) in [6.07, 6.45) is 7.23. The maximum Gasteiger partial charge on any atom is 0.308 e. The molecule has 1 amide bonds. The number of hydrogen-bond acceptors (Lipinski definition) is 2. The molecule has 0 aromatic rings. The van der Waals surface area contributed by atoms with Crippen LogP contribution in [0.15, 0.2) is 12.2 Å². The molecule has 0 fully saturated rings. The Morgan fingerprint density at radius 2 is 2.05 bits per heavy atom. The van der Waals surface area contributed by atoms with Gasteiger partial charge in [0.25, 0.3) is 0 Å². The van der Waals surface area contributed by atoms with Crippen molar-refractivity contribution in [3.63, 3.8) is 0 Å². The van der Waals surface area contributed by atoms with E-state index in [1.807, 2.05) is 26.8 Å². The van der Waals surface area contributed by atoms with Gasteiger partial charge >= 0.3 is 5.97 Å². The molecule has 4 nitrogen and oxygen atoms in total. The Morgan fingerprint density at radius 3 is 2.53 bits per heavy atom. The van der Waals surface area contributed by atoms with Gasteiger partial charge in [0.15, 0.2) is 0 Å². The molecular weight excluding hydrogens is 242 g/mol. The van der Waals surface area contributed by atoms with Crippen LogP contribution >= 0.6 is 0 Å². The molecule has 0 aromatic heterocycles. The normalized spacial score (nSPS) is 20.9. The topological polar surface area (TPSA) is 66.4 Å². The predicted octanol–water partition coefficient (Wildman–Crippen LogP) is 2.60. The lowest BCUT2D eigenvalue weighted by atomic mass is 9.84. The molecule has 19 heavy (non-hydrogen) atoms. The Hall–Kier alpha value is -1.32. The molecule has 0 spiro atoms. The first-order valence-electron chi connectivity index (χ1n) is 6.95. The summed E-state index contributed by atoms with van der Waals surface area (Å²) in [5, 5.41) is 12.0. The van der Waals surface area contributed by atoms with Crippen LogP contribution in [0.3, 0.4) is 0 Å². The van der Waals surface area contributed by atoms with Crippen LogP contribution in [0.5, 0.6) is 0 Å². The number of allylic oxidation sites excluding steroid dienone is 2. The maximum absolute atomic E-state index is 12.0.